The predicted molar refractivity (Wildman–Crippen MR) is 91.1 cm³/mol. The van der Waals surface area contributed by atoms with Crippen LogP contribution in [-0.2, 0) is 19.4 Å². The van der Waals surface area contributed by atoms with Crippen LogP contribution >= 0.6 is 0 Å². The van der Waals surface area contributed by atoms with Gasteiger partial charge in [-0.05, 0) is 30.9 Å². The Morgan fingerprint density at radius 1 is 1.25 bits per heavy atom. The van der Waals surface area contributed by atoms with Crippen molar-refractivity contribution in [1.29, 1.82) is 5.26 Å². The largest absolute Gasteiger partial charge is 0.395 e. The number of hydrogen-bond acceptors (Lipinski definition) is 5. The molecule has 1 aliphatic rings. The van der Waals surface area contributed by atoms with E-state index in [1.54, 1.807) is 6.92 Å². The number of aliphatic hydroxyl groups is 1. The van der Waals surface area contributed by atoms with E-state index in [4.69, 9.17) is 5.11 Å². The second kappa shape index (κ2) is 6.85. The minimum atomic E-state index is -0.379. The van der Waals surface area contributed by atoms with Crippen LogP contribution in [0.5, 0.6) is 0 Å². The molecule has 1 aromatic carbocycles. The fraction of sp³-hybridized carbons (Fsp3) is 0.389. The Morgan fingerprint density at radius 3 is 2.42 bits per heavy atom. The summed E-state index contributed by atoms with van der Waals surface area (Å²) in [7, 11) is 0. The minimum absolute atomic E-state index is 0.0556. The van der Waals surface area contributed by atoms with Crippen LogP contribution in [0, 0.1) is 18.3 Å². The quantitative estimate of drug-likeness (QED) is 0.911. The first kappa shape index (κ1) is 16.2. The molecular weight excluding hydrogens is 304 g/mol. The Morgan fingerprint density at radius 2 is 1.88 bits per heavy atom. The molecule has 3 rings (SSSR count). The lowest BCUT2D eigenvalue weighted by Crippen LogP contribution is -2.34. The third-order valence-corrected chi connectivity index (χ3v) is 4.50. The van der Waals surface area contributed by atoms with E-state index in [1.807, 2.05) is 23.1 Å². The van der Waals surface area contributed by atoms with Crippen molar-refractivity contribution in [1.82, 2.24) is 9.55 Å². The summed E-state index contributed by atoms with van der Waals surface area (Å²) >= 11 is 0. The van der Waals surface area contributed by atoms with Crippen LogP contribution < -0.4 is 10.5 Å². The SMILES string of the molecule is Cc1nc(N2CCc3ccccc3CC2)c(C#N)c(=O)n1CCO. The van der Waals surface area contributed by atoms with E-state index in [0.29, 0.717) is 11.6 Å². The highest BCUT2D eigenvalue weighted by molar-refractivity contribution is 5.54. The lowest BCUT2D eigenvalue weighted by Gasteiger charge is -2.23. The topological polar surface area (TPSA) is 82.2 Å². The molecule has 0 amide bonds. The number of benzene rings is 1. The second-order valence-corrected chi connectivity index (χ2v) is 5.91. The highest BCUT2D eigenvalue weighted by Crippen LogP contribution is 2.21. The fourth-order valence-electron chi connectivity index (χ4n) is 3.22. The van der Waals surface area contributed by atoms with Crippen molar-refractivity contribution in [3.05, 3.63) is 57.1 Å². The standard InChI is InChI=1S/C18H20N4O2/c1-13-20-17(16(12-19)18(24)22(13)10-11-23)21-8-6-14-4-2-3-5-15(14)7-9-21/h2-5,23H,6-11H2,1H3. The van der Waals surface area contributed by atoms with E-state index in [1.165, 1.54) is 15.7 Å². The van der Waals surface area contributed by atoms with E-state index in [9.17, 15) is 10.1 Å². The summed E-state index contributed by atoms with van der Waals surface area (Å²) in [5.74, 6) is 0.979. The van der Waals surface area contributed by atoms with Gasteiger partial charge in [0.25, 0.3) is 5.56 Å². The van der Waals surface area contributed by atoms with Crippen molar-refractivity contribution in [2.45, 2.75) is 26.3 Å². The molecule has 0 aliphatic carbocycles. The van der Waals surface area contributed by atoms with Gasteiger partial charge in [-0.1, -0.05) is 24.3 Å². The van der Waals surface area contributed by atoms with Crippen LogP contribution in [0.15, 0.2) is 29.1 Å². The maximum atomic E-state index is 12.5. The summed E-state index contributed by atoms with van der Waals surface area (Å²) in [6.07, 6.45) is 1.73. The van der Waals surface area contributed by atoms with E-state index in [-0.39, 0.29) is 24.3 Å². The van der Waals surface area contributed by atoms with Crippen LogP contribution in [0.2, 0.25) is 0 Å². The van der Waals surface area contributed by atoms with Gasteiger partial charge >= 0.3 is 0 Å². The number of nitriles is 1. The molecule has 0 unspecified atom stereocenters. The molecule has 1 aromatic heterocycles. The summed E-state index contributed by atoms with van der Waals surface area (Å²) < 4.78 is 1.36. The number of aromatic nitrogens is 2. The van der Waals surface area contributed by atoms with Gasteiger partial charge < -0.3 is 10.0 Å². The number of aryl methyl sites for hydroxylation is 1. The van der Waals surface area contributed by atoms with Crippen molar-refractivity contribution >= 4 is 5.82 Å². The van der Waals surface area contributed by atoms with Gasteiger partial charge in [-0.25, -0.2) is 4.98 Å². The van der Waals surface area contributed by atoms with E-state index in [2.05, 4.69) is 17.1 Å². The Balaban J connectivity index is 1.99. The van der Waals surface area contributed by atoms with Crippen molar-refractivity contribution < 1.29 is 5.11 Å². The van der Waals surface area contributed by atoms with Crippen molar-refractivity contribution in [2.24, 2.45) is 0 Å². The molecule has 1 aliphatic heterocycles. The first-order valence-corrected chi connectivity index (χ1v) is 8.10. The molecule has 0 saturated carbocycles. The molecule has 0 spiro atoms. The van der Waals surface area contributed by atoms with Gasteiger partial charge in [0.1, 0.15) is 11.9 Å². The van der Waals surface area contributed by atoms with Crippen LogP contribution in [-0.4, -0.2) is 34.4 Å². The van der Waals surface area contributed by atoms with Gasteiger partial charge in [0, 0.05) is 13.1 Å². The zero-order chi connectivity index (χ0) is 17.1. The highest BCUT2D eigenvalue weighted by Gasteiger charge is 2.21. The minimum Gasteiger partial charge on any atom is -0.395 e. The fourth-order valence-corrected chi connectivity index (χ4v) is 3.22. The smallest absolute Gasteiger partial charge is 0.273 e. The molecule has 6 nitrogen and oxygen atoms in total. The number of fused-ring (bicyclic) bond motifs is 1. The number of hydrogen-bond donors (Lipinski definition) is 1. The van der Waals surface area contributed by atoms with E-state index < -0.39 is 0 Å². The monoisotopic (exact) mass is 324 g/mol. The normalized spacial score (nSPS) is 14.0. The predicted octanol–water partition coefficient (Wildman–Crippen LogP) is 1.02. The molecule has 0 fully saturated rings. The second-order valence-electron chi connectivity index (χ2n) is 5.91. The molecular formula is C18H20N4O2. The summed E-state index contributed by atoms with van der Waals surface area (Å²) in [5.41, 5.74) is 2.29. The van der Waals surface area contributed by atoms with Crippen LogP contribution in [0.3, 0.4) is 0 Å². The van der Waals surface area contributed by atoms with Gasteiger partial charge in [0.15, 0.2) is 11.4 Å². The van der Waals surface area contributed by atoms with Crippen molar-refractivity contribution in [3.63, 3.8) is 0 Å². The van der Waals surface area contributed by atoms with Crippen LogP contribution in [0.25, 0.3) is 0 Å². The third-order valence-electron chi connectivity index (χ3n) is 4.50. The first-order valence-electron chi connectivity index (χ1n) is 8.10. The first-order chi connectivity index (χ1) is 11.7. The maximum Gasteiger partial charge on any atom is 0.273 e. The van der Waals surface area contributed by atoms with Gasteiger partial charge in [-0.3, -0.25) is 9.36 Å². The summed E-state index contributed by atoms with van der Waals surface area (Å²) in [6, 6.07) is 10.3. The van der Waals surface area contributed by atoms with Crippen molar-refractivity contribution in [2.75, 3.05) is 24.6 Å². The van der Waals surface area contributed by atoms with Crippen molar-refractivity contribution in [3.8, 4) is 6.07 Å². The van der Waals surface area contributed by atoms with Gasteiger partial charge in [0.2, 0.25) is 0 Å². The lowest BCUT2D eigenvalue weighted by atomic mass is 10.0. The molecule has 0 bridgehead atoms. The summed E-state index contributed by atoms with van der Waals surface area (Å²) in [5, 5.41) is 18.6. The molecule has 1 N–H and O–H groups in total. The molecule has 6 heteroatoms. The van der Waals surface area contributed by atoms with E-state index >= 15 is 0 Å². The van der Waals surface area contributed by atoms with Gasteiger partial charge in [0.05, 0.1) is 13.2 Å². The Kier molecular flexibility index (Phi) is 4.63. The molecule has 124 valence electrons. The molecule has 24 heavy (non-hydrogen) atoms. The average Bonchev–Trinajstić information content (AvgIpc) is 2.81. The lowest BCUT2D eigenvalue weighted by molar-refractivity contribution is 0.272. The third kappa shape index (κ3) is 2.91. The van der Waals surface area contributed by atoms with Gasteiger partial charge in [-0.2, -0.15) is 5.26 Å². The van der Waals surface area contributed by atoms with Crippen LogP contribution in [0.1, 0.15) is 22.5 Å². The van der Waals surface area contributed by atoms with Gasteiger partial charge in [-0.15, -0.1) is 0 Å². The maximum absolute atomic E-state index is 12.5. The number of anilines is 1. The molecule has 2 heterocycles. The average molecular weight is 324 g/mol. The van der Waals surface area contributed by atoms with E-state index in [0.717, 1.165) is 25.9 Å². The molecule has 0 radical (unpaired) electrons. The molecule has 2 aromatic rings. The Labute approximate surface area is 140 Å². The number of nitrogens with zero attached hydrogens (tertiary/aromatic N) is 4. The zero-order valence-electron chi connectivity index (χ0n) is 13.7. The molecule has 0 saturated heterocycles. The summed E-state index contributed by atoms with van der Waals surface area (Å²) in [6.45, 7) is 3.17. The van der Waals surface area contributed by atoms with Crippen LogP contribution in [0.4, 0.5) is 5.82 Å². The summed E-state index contributed by atoms with van der Waals surface area (Å²) in [4.78, 5) is 19.1. The highest BCUT2D eigenvalue weighted by atomic mass is 16.3. The Hall–Kier alpha value is -2.65. The zero-order valence-corrected chi connectivity index (χ0v) is 13.7. The molecule has 0 atom stereocenters. The Bertz CT molecular complexity index is 824. The number of aliphatic hydroxyl groups excluding tert-OH is 1. The number of rotatable bonds is 3.